The third kappa shape index (κ3) is 3.55. The number of carbonyl (C=O) groups is 2. The Kier molecular flexibility index (Phi) is 7.30. The van der Waals surface area contributed by atoms with Gasteiger partial charge in [-0.05, 0) is 43.3 Å². The van der Waals surface area contributed by atoms with Gasteiger partial charge in [0.1, 0.15) is 12.7 Å². The lowest BCUT2D eigenvalue weighted by Gasteiger charge is -2.58. The van der Waals surface area contributed by atoms with E-state index in [2.05, 4.69) is 19.9 Å². The molecule has 7 unspecified atom stereocenters. The van der Waals surface area contributed by atoms with Crippen molar-refractivity contribution in [3.8, 4) is 0 Å². The lowest BCUT2D eigenvalue weighted by molar-refractivity contribution is -0.145. The number of Topliss-reactive ketones (excluding diaryl/α,β-unsaturated/α-hetero) is 1. The molecule has 0 bridgehead atoms. The molecular weight excluding hydrogens is 368 g/mol. The number of aliphatic hydroxyl groups excluding tert-OH is 1. The number of carbonyl (C=O) groups excluding carboxylic acids is 2. The van der Waals surface area contributed by atoms with Gasteiger partial charge in [-0.3, -0.25) is 9.59 Å². The highest BCUT2D eigenvalue weighted by Crippen LogP contribution is 2.63. The van der Waals surface area contributed by atoms with E-state index in [9.17, 15) is 14.7 Å². The molecule has 29 heavy (non-hydrogen) atoms. The highest BCUT2D eigenvalue weighted by molar-refractivity contribution is 6.01. The van der Waals surface area contributed by atoms with Crippen LogP contribution in [0, 0.1) is 28.6 Å². The zero-order chi connectivity index (χ0) is 20.7. The number of rotatable bonds is 3. The number of allylic oxidation sites excluding steroid dienone is 4. The van der Waals surface area contributed by atoms with Crippen LogP contribution < -0.4 is 0 Å². The highest BCUT2D eigenvalue weighted by Gasteiger charge is 2.63. The quantitative estimate of drug-likeness (QED) is 0.773. The van der Waals surface area contributed by atoms with Gasteiger partial charge in [0.25, 0.3) is 0 Å². The lowest BCUT2D eigenvalue weighted by atomic mass is 9.46. The molecule has 5 heteroatoms. The maximum Gasteiger partial charge on any atom is 0.187 e. The van der Waals surface area contributed by atoms with Gasteiger partial charge in [-0.2, -0.15) is 0 Å². The molecule has 0 amide bonds. The van der Waals surface area contributed by atoms with Crippen molar-refractivity contribution < 1.29 is 24.2 Å². The lowest BCUT2D eigenvalue weighted by Crippen LogP contribution is -2.58. The van der Waals surface area contributed by atoms with Gasteiger partial charge in [-0.25, -0.2) is 0 Å². The van der Waals surface area contributed by atoms with Gasteiger partial charge in [0.15, 0.2) is 11.6 Å². The smallest absolute Gasteiger partial charge is 0.187 e. The van der Waals surface area contributed by atoms with Gasteiger partial charge < -0.3 is 14.6 Å². The van der Waals surface area contributed by atoms with Crippen LogP contribution >= 0.6 is 0 Å². The van der Waals surface area contributed by atoms with E-state index in [0.717, 1.165) is 19.3 Å². The Morgan fingerprint density at radius 2 is 2.03 bits per heavy atom. The molecule has 2 saturated carbocycles. The van der Waals surface area contributed by atoms with E-state index in [1.54, 1.807) is 19.3 Å². The van der Waals surface area contributed by atoms with Gasteiger partial charge >= 0.3 is 0 Å². The predicted molar refractivity (Wildman–Crippen MR) is 113 cm³/mol. The number of ether oxygens (including phenoxy) is 2. The molecule has 0 aromatic heterocycles. The summed E-state index contributed by atoms with van der Waals surface area (Å²) in [6, 6.07) is 0. The van der Waals surface area contributed by atoms with Crippen LogP contribution in [0.1, 0.15) is 54.4 Å². The Labute approximate surface area is 175 Å². The molecule has 0 spiro atoms. The van der Waals surface area contributed by atoms with E-state index >= 15 is 0 Å². The van der Waals surface area contributed by atoms with Gasteiger partial charge in [-0.15, -0.1) is 0 Å². The average Bonchev–Trinajstić information content (AvgIpc) is 3.05. The first kappa shape index (κ1) is 24.0. The summed E-state index contributed by atoms with van der Waals surface area (Å²) in [6.07, 6.45) is 7.62. The number of fused-ring (bicyclic) bond motifs is 5. The molecule has 5 nitrogen and oxygen atoms in total. The molecule has 3 aliphatic carbocycles. The normalized spacial score (nSPS) is 42.3. The molecule has 1 N–H and O–H groups in total. The maximum atomic E-state index is 12.3. The summed E-state index contributed by atoms with van der Waals surface area (Å²) in [7, 11) is 1.74. The van der Waals surface area contributed by atoms with Crippen molar-refractivity contribution in [2.45, 2.75) is 66.6 Å². The van der Waals surface area contributed by atoms with Gasteiger partial charge in [0.05, 0.1) is 12.7 Å². The van der Waals surface area contributed by atoms with Crippen LogP contribution in [0.5, 0.6) is 0 Å². The molecule has 1 aliphatic heterocycles. The number of hydrogen-bond donors (Lipinski definition) is 1. The molecule has 0 aromatic rings. The largest absolute Gasteiger partial charge is 0.388 e. The second kappa shape index (κ2) is 8.83. The summed E-state index contributed by atoms with van der Waals surface area (Å²) in [5.41, 5.74) is 0.713. The third-order valence-electron chi connectivity index (χ3n) is 7.70. The fourth-order valence-corrected chi connectivity index (χ4v) is 6.44. The number of hydrogen-bond acceptors (Lipinski definition) is 5. The minimum Gasteiger partial charge on any atom is -0.388 e. The van der Waals surface area contributed by atoms with Crippen LogP contribution in [-0.2, 0) is 19.1 Å². The van der Waals surface area contributed by atoms with E-state index < -0.39 is 12.7 Å². The van der Waals surface area contributed by atoms with Crippen LogP contribution in [0.25, 0.3) is 0 Å². The van der Waals surface area contributed by atoms with E-state index in [1.165, 1.54) is 5.57 Å². The molecule has 1 heterocycles. The van der Waals surface area contributed by atoms with Crippen LogP contribution in [-0.4, -0.2) is 49.2 Å². The molecule has 4 aliphatic rings. The fourth-order valence-electron chi connectivity index (χ4n) is 6.44. The zero-order valence-corrected chi connectivity index (χ0v) is 17.7. The monoisotopic (exact) mass is 406 g/mol. The first-order chi connectivity index (χ1) is 13.3. The maximum absolute atomic E-state index is 12.3. The Morgan fingerprint density at radius 1 is 1.34 bits per heavy atom. The molecule has 0 radical (unpaired) electrons. The van der Waals surface area contributed by atoms with Gasteiger partial charge in [0, 0.05) is 23.9 Å². The predicted octanol–water partition coefficient (Wildman–Crippen LogP) is 3.75. The van der Waals surface area contributed by atoms with Crippen LogP contribution in [0.15, 0.2) is 23.8 Å². The molecule has 0 aromatic carbocycles. The Morgan fingerprint density at radius 3 is 2.66 bits per heavy atom. The van der Waals surface area contributed by atoms with E-state index in [0.29, 0.717) is 12.5 Å². The molecule has 164 valence electrons. The first-order valence-electron chi connectivity index (χ1n) is 10.6. The van der Waals surface area contributed by atoms with Crippen molar-refractivity contribution in [3.05, 3.63) is 23.8 Å². The number of methoxy groups -OCH3 is 1. The van der Waals surface area contributed by atoms with E-state index in [1.807, 2.05) is 13.8 Å². The second-order valence-electron chi connectivity index (χ2n) is 8.84. The second-order valence-corrected chi connectivity index (χ2v) is 8.84. The van der Waals surface area contributed by atoms with Gasteiger partial charge in [0.2, 0.25) is 0 Å². The Bertz CT molecular complexity index is 695. The van der Waals surface area contributed by atoms with Crippen LogP contribution in [0.3, 0.4) is 0 Å². The topological polar surface area (TPSA) is 72.8 Å². The van der Waals surface area contributed by atoms with Crippen molar-refractivity contribution in [1.82, 2.24) is 0 Å². The minimum atomic E-state index is -0.552. The number of aliphatic hydroxyl groups is 1. The SMILES string of the molecule is C.CC.COC1CC2(C)C(C(=O)CO)OCC2C2CCC3=CC(=O)C=CC3(C)C12. The summed E-state index contributed by atoms with van der Waals surface area (Å²) < 4.78 is 11.9. The number of ketones is 2. The zero-order valence-electron chi connectivity index (χ0n) is 17.7. The molecule has 1 saturated heterocycles. The van der Waals surface area contributed by atoms with Crippen LogP contribution in [0.2, 0.25) is 0 Å². The molecule has 3 fully saturated rings. The van der Waals surface area contributed by atoms with Gasteiger partial charge in [-0.1, -0.05) is 46.8 Å². The average molecular weight is 407 g/mol. The Hall–Kier alpha value is -1.30. The summed E-state index contributed by atoms with van der Waals surface area (Å²) in [6.45, 7) is 8.43. The summed E-state index contributed by atoms with van der Waals surface area (Å²) in [5, 5.41) is 9.37. The fraction of sp³-hybridized carbons (Fsp3) is 0.750. The molecule has 4 rings (SSSR count). The minimum absolute atomic E-state index is 0. The van der Waals surface area contributed by atoms with Crippen molar-refractivity contribution >= 4 is 11.6 Å². The van der Waals surface area contributed by atoms with E-state index in [4.69, 9.17) is 9.47 Å². The Balaban J connectivity index is 0.000000970. The summed E-state index contributed by atoms with van der Waals surface area (Å²) in [4.78, 5) is 24.2. The third-order valence-corrected chi connectivity index (χ3v) is 7.70. The molecular formula is C24H38O5. The van der Waals surface area contributed by atoms with Crippen molar-refractivity contribution in [2.24, 2.45) is 28.6 Å². The molecule has 7 atom stereocenters. The first-order valence-corrected chi connectivity index (χ1v) is 10.6. The highest BCUT2D eigenvalue weighted by atomic mass is 16.5. The summed E-state index contributed by atoms with van der Waals surface area (Å²) >= 11 is 0. The van der Waals surface area contributed by atoms with E-state index in [-0.39, 0.29) is 47.8 Å². The van der Waals surface area contributed by atoms with Crippen molar-refractivity contribution in [2.75, 3.05) is 20.3 Å². The van der Waals surface area contributed by atoms with Crippen molar-refractivity contribution in [3.63, 3.8) is 0 Å². The van der Waals surface area contributed by atoms with Crippen LogP contribution in [0.4, 0.5) is 0 Å². The standard InChI is InChI=1S/C21H28O5.C2H6.CH4/c1-20-7-6-13(23)8-12(20)4-5-14-15-11-26-19(16(24)10-22)21(15,2)9-17(25-3)18(14)20;1-2;/h6-8,14-15,17-19,22H,4-5,9-11H2,1-3H3;1-2H3;1H4. The van der Waals surface area contributed by atoms with Crippen molar-refractivity contribution in [1.29, 1.82) is 0 Å². The summed E-state index contributed by atoms with van der Waals surface area (Å²) in [5.74, 6) is 0.748.